The zero-order chi connectivity index (χ0) is 17.2. The molecule has 2 aromatic heterocycles. The number of hydrogen-bond donors (Lipinski definition) is 1. The Labute approximate surface area is 146 Å². The van der Waals surface area contributed by atoms with E-state index in [9.17, 15) is 4.79 Å². The molecule has 1 saturated heterocycles. The number of furan rings is 1. The molecule has 134 valence electrons. The Balaban J connectivity index is 1.35. The number of rotatable bonds is 4. The van der Waals surface area contributed by atoms with Crippen LogP contribution in [0.2, 0.25) is 0 Å². The van der Waals surface area contributed by atoms with Gasteiger partial charge in [-0.3, -0.25) is 4.90 Å². The van der Waals surface area contributed by atoms with E-state index >= 15 is 0 Å². The number of ether oxygens (including phenoxy) is 1. The summed E-state index contributed by atoms with van der Waals surface area (Å²) in [6, 6.07) is 1.76. The van der Waals surface area contributed by atoms with Gasteiger partial charge in [0.05, 0.1) is 25.8 Å². The van der Waals surface area contributed by atoms with Crippen LogP contribution in [0.1, 0.15) is 46.5 Å². The van der Waals surface area contributed by atoms with Gasteiger partial charge in [0.2, 0.25) is 0 Å². The summed E-state index contributed by atoms with van der Waals surface area (Å²) in [5.74, 6) is 3.10. The van der Waals surface area contributed by atoms with Gasteiger partial charge in [0, 0.05) is 19.0 Å². The number of nitrogens with zero attached hydrogens (tertiary/aromatic N) is 4. The predicted octanol–water partition coefficient (Wildman–Crippen LogP) is 1.14. The smallest absolute Gasteiger partial charge is 0.341 e. The third-order valence-corrected chi connectivity index (χ3v) is 5.06. The van der Waals surface area contributed by atoms with Gasteiger partial charge in [0.1, 0.15) is 23.7 Å². The Kier molecular flexibility index (Phi) is 4.54. The minimum atomic E-state index is -0.361. The summed E-state index contributed by atoms with van der Waals surface area (Å²) in [5.41, 5.74) is 0.469. The SMILES string of the molecule is COC(=O)c1coc(CN2CCC(c3nnc4n3CCNC4)CC2)c1. The van der Waals surface area contributed by atoms with Crippen LogP contribution in [0.15, 0.2) is 16.7 Å². The second-order valence-corrected chi connectivity index (χ2v) is 6.65. The standard InChI is InChI=1S/C17H23N5O3/c1-24-17(23)13-8-14(25-11-13)10-21-5-2-12(3-6-21)16-20-19-15-9-18-4-7-22(15)16/h8,11-12,18H,2-7,9-10H2,1H3. The van der Waals surface area contributed by atoms with Crippen molar-refractivity contribution in [1.29, 1.82) is 0 Å². The molecule has 1 N–H and O–H groups in total. The van der Waals surface area contributed by atoms with Gasteiger partial charge in [-0.25, -0.2) is 4.79 Å². The molecule has 0 amide bonds. The number of carbonyl (C=O) groups excluding carboxylic acids is 1. The van der Waals surface area contributed by atoms with Crippen LogP contribution in [-0.2, 0) is 24.4 Å². The molecule has 25 heavy (non-hydrogen) atoms. The zero-order valence-corrected chi connectivity index (χ0v) is 14.4. The summed E-state index contributed by atoms with van der Waals surface area (Å²) in [6.45, 7) is 5.44. The first-order chi connectivity index (χ1) is 12.2. The maximum absolute atomic E-state index is 11.5. The lowest BCUT2D eigenvalue weighted by atomic mass is 9.95. The molecule has 2 aromatic rings. The van der Waals surface area contributed by atoms with Crippen molar-refractivity contribution in [2.24, 2.45) is 0 Å². The third kappa shape index (κ3) is 3.32. The second kappa shape index (κ2) is 6.97. The van der Waals surface area contributed by atoms with Crippen molar-refractivity contribution in [3.05, 3.63) is 35.3 Å². The normalized spacial score (nSPS) is 18.9. The van der Waals surface area contributed by atoms with Crippen molar-refractivity contribution in [2.45, 2.75) is 38.4 Å². The molecular weight excluding hydrogens is 322 g/mol. The molecule has 2 aliphatic heterocycles. The van der Waals surface area contributed by atoms with Crippen molar-refractivity contribution < 1.29 is 13.9 Å². The van der Waals surface area contributed by atoms with E-state index in [0.29, 0.717) is 18.0 Å². The highest BCUT2D eigenvalue weighted by atomic mass is 16.5. The molecule has 1 fully saturated rings. The topological polar surface area (TPSA) is 85.4 Å². The number of nitrogens with one attached hydrogen (secondary N) is 1. The zero-order valence-electron chi connectivity index (χ0n) is 14.4. The Hall–Kier alpha value is -2.19. The fourth-order valence-electron chi connectivity index (χ4n) is 3.67. The van der Waals surface area contributed by atoms with Gasteiger partial charge in [0.15, 0.2) is 0 Å². The highest BCUT2D eigenvalue weighted by molar-refractivity contribution is 5.88. The number of methoxy groups -OCH3 is 1. The van der Waals surface area contributed by atoms with E-state index in [0.717, 1.165) is 63.0 Å². The lowest BCUT2D eigenvalue weighted by Crippen LogP contribution is -2.34. The maximum Gasteiger partial charge on any atom is 0.341 e. The number of hydrogen-bond acceptors (Lipinski definition) is 7. The van der Waals surface area contributed by atoms with Crippen LogP contribution in [0.3, 0.4) is 0 Å². The van der Waals surface area contributed by atoms with Gasteiger partial charge in [-0.2, -0.15) is 0 Å². The molecule has 0 saturated carbocycles. The van der Waals surface area contributed by atoms with E-state index in [2.05, 4.69) is 25.0 Å². The number of carbonyl (C=O) groups is 1. The Morgan fingerprint density at radius 3 is 3.00 bits per heavy atom. The van der Waals surface area contributed by atoms with Crippen molar-refractivity contribution in [3.8, 4) is 0 Å². The average Bonchev–Trinajstić information content (AvgIpc) is 3.29. The molecular formula is C17H23N5O3. The quantitative estimate of drug-likeness (QED) is 0.832. The van der Waals surface area contributed by atoms with Crippen molar-refractivity contribution >= 4 is 5.97 Å². The highest BCUT2D eigenvalue weighted by Crippen LogP contribution is 2.28. The first-order valence-electron chi connectivity index (χ1n) is 8.75. The van der Waals surface area contributed by atoms with Crippen LogP contribution < -0.4 is 5.32 Å². The Morgan fingerprint density at radius 1 is 1.36 bits per heavy atom. The lowest BCUT2D eigenvalue weighted by molar-refractivity contribution is 0.0600. The molecule has 0 spiro atoms. The first kappa shape index (κ1) is 16.3. The van der Waals surface area contributed by atoms with E-state index in [-0.39, 0.29) is 5.97 Å². The van der Waals surface area contributed by atoms with Crippen LogP contribution >= 0.6 is 0 Å². The summed E-state index contributed by atoms with van der Waals surface area (Å²) >= 11 is 0. The number of piperidine rings is 1. The van der Waals surface area contributed by atoms with Crippen LogP contribution in [0.4, 0.5) is 0 Å². The summed E-state index contributed by atoms with van der Waals surface area (Å²) in [7, 11) is 1.37. The summed E-state index contributed by atoms with van der Waals surface area (Å²) in [6.07, 6.45) is 3.59. The summed E-state index contributed by atoms with van der Waals surface area (Å²) in [4.78, 5) is 13.8. The van der Waals surface area contributed by atoms with Crippen LogP contribution in [-0.4, -0.2) is 52.4 Å². The van der Waals surface area contributed by atoms with Crippen LogP contribution in [0.5, 0.6) is 0 Å². The van der Waals surface area contributed by atoms with Gasteiger partial charge in [-0.05, 0) is 32.0 Å². The Morgan fingerprint density at radius 2 is 2.20 bits per heavy atom. The summed E-state index contributed by atoms with van der Waals surface area (Å²) < 4.78 is 12.5. The fraction of sp³-hybridized carbons (Fsp3) is 0.588. The molecule has 8 heteroatoms. The minimum absolute atomic E-state index is 0.361. The molecule has 0 unspecified atom stereocenters. The number of fused-ring (bicyclic) bond motifs is 1. The molecule has 0 atom stereocenters. The summed E-state index contributed by atoms with van der Waals surface area (Å²) in [5, 5.41) is 12.1. The van der Waals surface area contributed by atoms with E-state index < -0.39 is 0 Å². The van der Waals surface area contributed by atoms with Gasteiger partial charge in [0.25, 0.3) is 0 Å². The number of likely N-dealkylation sites (tertiary alicyclic amines) is 1. The van der Waals surface area contributed by atoms with Crippen molar-refractivity contribution in [3.63, 3.8) is 0 Å². The molecule has 8 nitrogen and oxygen atoms in total. The first-order valence-corrected chi connectivity index (χ1v) is 8.75. The number of esters is 1. The van der Waals surface area contributed by atoms with E-state index in [4.69, 9.17) is 9.15 Å². The molecule has 0 bridgehead atoms. The molecule has 0 radical (unpaired) electrons. The largest absolute Gasteiger partial charge is 0.467 e. The maximum atomic E-state index is 11.5. The Bertz CT molecular complexity index is 745. The van der Waals surface area contributed by atoms with E-state index in [1.807, 2.05) is 0 Å². The average molecular weight is 345 g/mol. The minimum Gasteiger partial charge on any atom is -0.467 e. The van der Waals surface area contributed by atoms with Crippen LogP contribution in [0, 0.1) is 0 Å². The third-order valence-electron chi connectivity index (χ3n) is 5.06. The van der Waals surface area contributed by atoms with Gasteiger partial charge >= 0.3 is 5.97 Å². The van der Waals surface area contributed by atoms with E-state index in [1.165, 1.54) is 13.4 Å². The molecule has 2 aliphatic rings. The van der Waals surface area contributed by atoms with Gasteiger partial charge in [-0.15, -0.1) is 10.2 Å². The molecule has 4 heterocycles. The molecule has 4 rings (SSSR count). The van der Waals surface area contributed by atoms with Crippen molar-refractivity contribution in [2.75, 3.05) is 26.7 Å². The van der Waals surface area contributed by atoms with Gasteiger partial charge < -0.3 is 19.0 Å². The molecule has 0 aliphatic carbocycles. The monoisotopic (exact) mass is 345 g/mol. The highest BCUT2D eigenvalue weighted by Gasteiger charge is 2.27. The fourth-order valence-corrected chi connectivity index (χ4v) is 3.67. The predicted molar refractivity (Wildman–Crippen MR) is 89.0 cm³/mol. The van der Waals surface area contributed by atoms with Crippen LogP contribution in [0.25, 0.3) is 0 Å². The lowest BCUT2D eigenvalue weighted by Gasteiger charge is -2.31. The second-order valence-electron chi connectivity index (χ2n) is 6.65. The van der Waals surface area contributed by atoms with Crippen molar-refractivity contribution in [1.82, 2.24) is 25.0 Å². The molecule has 0 aromatic carbocycles. The number of aromatic nitrogens is 3. The van der Waals surface area contributed by atoms with E-state index in [1.54, 1.807) is 6.07 Å². The van der Waals surface area contributed by atoms with Gasteiger partial charge in [-0.1, -0.05) is 0 Å².